The predicted octanol–water partition coefficient (Wildman–Crippen LogP) is 3.88. The maximum absolute atomic E-state index is 11.4. The van der Waals surface area contributed by atoms with Crippen molar-refractivity contribution in [3.63, 3.8) is 0 Å². The largest absolute Gasteiger partial charge is 0.385 e. The Bertz CT molecular complexity index is 795. The van der Waals surface area contributed by atoms with E-state index in [1.165, 1.54) is 5.56 Å². The summed E-state index contributed by atoms with van der Waals surface area (Å²) in [6, 6.07) is 19.5. The number of aryl methyl sites for hydroxylation is 1. The topological polar surface area (TPSA) is 47.3 Å². The Balaban J connectivity index is 1.60. The van der Waals surface area contributed by atoms with E-state index in [0.717, 1.165) is 30.5 Å². The second kappa shape index (κ2) is 6.29. The number of rotatable bonds is 3. The van der Waals surface area contributed by atoms with E-state index in [9.17, 15) is 10.4 Å². The third-order valence-corrected chi connectivity index (χ3v) is 5.92. The van der Waals surface area contributed by atoms with E-state index in [1.807, 2.05) is 31.2 Å². The Kier molecular flexibility index (Phi) is 4.11. The summed E-state index contributed by atoms with van der Waals surface area (Å²) in [6.07, 6.45) is 3.70. The van der Waals surface area contributed by atoms with Gasteiger partial charge in [0.2, 0.25) is 0 Å². The van der Waals surface area contributed by atoms with Crippen LogP contribution in [0.15, 0.2) is 48.5 Å². The van der Waals surface area contributed by atoms with Crippen molar-refractivity contribution in [1.82, 2.24) is 4.90 Å². The number of hydrogen-bond acceptors (Lipinski definition) is 3. The van der Waals surface area contributed by atoms with Gasteiger partial charge in [-0.05, 0) is 49.8 Å². The molecule has 2 bridgehead atoms. The van der Waals surface area contributed by atoms with Gasteiger partial charge >= 0.3 is 0 Å². The second-order valence-corrected chi connectivity index (χ2v) is 7.64. The molecular weight excluding hydrogens is 308 g/mol. The Morgan fingerprint density at radius 3 is 2.44 bits per heavy atom. The molecule has 2 heterocycles. The highest BCUT2D eigenvalue weighted by Crippen LogP contribution is 2.47. The van der Waals surface area contributed by atoms with E-state index in [0.29, 0.717) is 30.5 Å². The van der Waals surface area contributed by atoms with Crippen LogP contribution in [0.4, 0.5) is 0 Å². The van der Waals surface area contributed by atoms with Crippen molar-refractivity contribution in [1.29, 1.82) is 5.26 Å². The smallest absolute Gasteiger partial charge is 0.0995 e. The van der Waals surface area contributed by atoms with Crippen molar-refractivity contribution in [3.8, 4) is 6.07 Å². The molecule has 3 nitrogen and oxygen atoms in total. The average Bonchev–Trinajstić information content (AvgIpc) is 2.86. The highest BCUT2D eigenvalue weighted by Gasteiger charge is 2.48. The van der Waals surface area contributed by atoms with Crippen LogP contribution in [0, 0.1) is 18.3 Å². The van der Waals surface area contributed by atoms with Crippen molar-refractivity contribution in [2.45, 2.75) is 56.8 Å². The zero-order valence-corrected chi connectivity index (χ0v) is 14.7. The fourth-order valence-electron chi connectivity index (χ4n) is 4.74. The summed E-state index contributed by atoms with van der Waals surface area (Å²) in [4.78, 5) is 2.56. The lowest BCUT2D eigenvalue weighted by Crippen LogP contribution is -2.49. The van der Waals surface area contributed by atoms with Crippen LogP contribution in [0.3, 0.4) is 0 Å². The first-order valence-corrected chi connectivity index (χ1v) is 9.12. The summed E-state index contributed by atoms with van der Waals surface area (Å²) >= 11 is 0. The van der Waals surface area contributed by atoms with E-state index >= 15 is 0 Å². The van der Waals surface area contributed by atoms with Crippen LogP contribution in [0.1, 0.15) is 47.9 Å². The molecule has 128 valence electrons. The highest BCUT2D eigenvalue weighted by molar-refractivity contribution is 5.44. The van der Waals surface area contributed by atoms with Crippen LogP contribution in [-0.2, 0) is 12.1 Å². The fourth-order valence-corrected chi connectivity index (χ4v) is 4.74. The third kappa shape index (κ3) is 2.97. The lowest BCUT2D eigenvalue weighted by Gasteiger charge is -2.44. The molecule has 2 aliphatic heterocycles. The highest BCUT2D eigenvalue weighted by atomic mass is 16.3. The van der Waals surface area contributed by atoms with Gasteiger partial charge in [-0.1, -0.05) is 42.5 Å². The van der Waals surface area contributed by atoms with Gasteiger partial charge in [0.05, 0.1) is 17.2 Å². The molecule has 0 amide bonds. The van der Waals surface area contributed by atoms with Gasteiger partial charge in [0, 0.05) is 24.2 Å². The minimum absolute atomic E-state index is 0.386. The number of piperidine rings is 1. The monoisotopic (exact) mass is 332 g/mol. The molecule has 0 aromatic heterocycles. The van der Waals surface area contributed by atoms with Crippen LogP contribution < -0.4 is 0 Å². The molecule has 0 spiro atoms. The zero-order valence-electron chi connectivity index (χ0n) is 14.7. The minimum Gasteiger partial charge on any atom is -0.385 e. The van der Waals surface area contributed by atoms with E-state index in [1.54, 1.807) is 0 Å². The van der Waals surface area contributed by atoms with Gasteiger partial charge < -0.3 is 5.11 Å². The van der Waals surface area contributed by atoms with Crippen LogP contribution in [0.25, 0.3) is 0 Å². The number of benzene rings is 2. The summed E-state index contributed by atoms with van der Waals surface area (Å²) < 4.78 is 0. The lowest BCUT2D eigenvalue weighted by molar-refractivity contribution is -0.0596. The molecule has 3 heteroatoms. The maximum atomic E-state index is 11.4. The summed E-state index contributed by atoms with van der Waals surface area (Å²) in [5, 5.41) is 20.9. The molecular formula is C22H24N2O. The fraction of sp³-hybridized carbons (Fsp3) is 0.409. The van der Waals surface area contributed by atoms with Crippen LogP contribution in [0.5, 0.6) is 0 Å². The van der Waals surface area contributed by atoms with Crippen molar-refractivity contribution >= 4 is 0 Å². The molecule has 2 aromatic carbocycles. The zero-order chi connectivity index (χ0) is 17.4. The molecule has 4 rings (SSSR count). The van der Waals surface area contributed by atoms with E-state index in [-0.39, 0.29) is 0 Å². The first-order chi connectivity index (χ1) is 12.1. The Morgan fingerprint density at radius 1 is 1.12 bits per heavy atom. The molecule has 0 aliphatic carbocycles. The van der Waals surface area contributed by atoms with Gasteiger partial charge in [-0.15, -0.1) is 0 Å². The molecule has 0 radical (unpaired) electrons. The molecule has 2 fully saturated rings. The van der Waals surface area contributed by atoms with Gasteiger partial charge in [-0.25, -0.2) is 0 Å². The standard InChI is InChI=1S/C22H24N2O/c1-16-7-10-21(18(11-16)14-23)22(25)12-19-8-9-20(13-22)24(19)15-17-5-3-2-4-6-17/h2-7,10-11,19-20,25H,8-9,12-13,15H2,1H3. The van der Waals surface area contributed by atoms with Gasteiger partial charge in [0.25, 0.3) is 0 Å². The molecule has 0 saturated carbocycles. The quantitative estimate of drug-likeness (QED) is 0.928. The molecule has 2 saturated heterocycles. The van der Waals surface area contributed by atoms with Crippen LogP contribution in [-0.4, -0.2) is 22.1 Å². The van der Waals surface area contributed by atoms with Gasteiger partial charge in [0.15, 0.2) is 0 Å². The van der Waals surface area contributed by atoms with Gasteiger partial charge in [-0.2, -0.15) is 5.26 Å². The predicted molar refractivity (Wildman–Crippen MR) is 97.8 cm³/mol. The number of aliphatic hydroxyl groups is 1. The number of hydrogen-bond donors (Lipinski definition) is 1. The normalized spacial score (nSPS) is 28.7. The number of nitriles is 1. The van der Waals surface area contributed by atoms with Crippen LogP contribution in [0.2, 0.25) is 0 Å². The van der Waals surface area contributed by atoms with Crippen molar-refractivity contribution in [2.75, 3.05) is 0 Å². The SMILES string of the molecule is Cc1ccc(C2(O)CC3CCC(C2)N3Cc2ccccc2)c(C#N)c1. The van der Waals surface area contributed by atoms with E-state index in [2.05, 4.69) is 35.2 Å². The van der Waals surface area contributed by atoms with Crippen molar-refractivity contribution in [3.05, 3.63) is 70.8 Å². The van der Waals surface area contributed by atoms with Crippen molar-refractivity contribution in [2.24, 2.45) is 0 Å². The minimum atomic E-state index is -0.877. The Morgan fingerprint density at radius 2 is 1.80 bits per heavy atom. The first-order valence-electron chi connectivity index (χ1n) is 9.12. The maximum Gasteiger partial charge on any atom is 0.0995 e. The van der Waals surface area contributed by atoms with Crippen LogP contribution >= 0.6 is 0 Å². The summed E-state index contributed by atoms with van der Waals surface area (Å²) in [5.74, 6) is 0. The van der Waals surface area contributed by atoms with Gasteiger partial charge in [0.1, 0.15) is 0 Å². The third-order valence-electron chi connectivity index (χ3n) is 5.92. The molecule has 2 atom stereocenters. The summed E-state index contributed by atoms with van der Waals surface area (Å²) in [7, 11) is 0. The molecule has 25 heavy (non-hydrogen) atoms. The Hall–Kier alpha value is -2.15. The molecule has 2 aliphatic rings. The van der Waals surface area contributed by atoms with E-state index < -0.39 is 5.60 Å². The lowest BCUT2D eigenvalue weighted by atomic mass is 9.78. The molecule has 2 aromatic rings. The molecule has 1 N–H and O–H groups in total. The first kappa shape index (κ1) is 16.3. The van der Waals surface area contributed by atoms with Gasteiger partial charge in [-0.3, -0.25) is 4.90 Å². The average molecular weight is 332 g/mol. The summed E-state index contributed by atoms with van der Waals surface area (Å²) in [6.45, 7) is 2.94. The summed E-state index contributed by atoms with van der Waals surface area (Å²) in [5.41, 5.74) is 2.96. The Labute approximate surface area is 149 Å². The number of fused-ring (bicyclic) bond motifs is 2. The second-order valence-electron chi connectivity index (χ2n) is 7.64. The molecule has 2 unspecified atom stereocenters. The van der Waals surface area contributed by atoms with Crippen molar-refractivity contribution < 1.29 is 5.11 Å². The van der Waals surface area contributed by atoms with E-state index in [4.69, 9.17) is 0 Å². The number of nitrogens with zero attached hydrogens (tertiary/aromatic N) is 2.